The number of nitrogens with one attached hydrogen (secondary N) is 1. The van der Waals surface area contributed by atoms with Crippen molar-refractivity contribution in [2.24, 2.45) is 0 Å². The molecule has 0 radical (unpaired) electrons. The first-order valence-electron chi connectivity index (χ1n) is 6.40. The molecule has 3 heteroatoms. The zero-order valence-electron chi connectivity index (χ0n) is 10.7. The Morgan fingerprint density at radius 3 is 2.26 bits per heavy atom. The molecule has 1 atom stereocenters. The molecule has 0 aliphatic carbocycles. The molecular formula is C16H18BrNO. The lowest BCUT2D eigenvalue weighted by atomic mass is 10.1. The Labute approximate surface area is 122 Å². The Balaban J connectivity index is 1.87. The minimum absolute atomic E-state index is 0.0889. The Kier molecular flexibility index (Phi) is 5.58. The van der Waals surface area contributed by atoms with Gasteiger partial charge in [0.05, 0.1) is 6.61 Å². The SMILES string of the molecule is OC[C@@H](Cc1ccccc1)NCc1ccc(Br)cc1. The van der Waals surface area contributed by atoms with Gasteiger partial charge in [-0.1, -0.05) is 58.4 Å². The van der Waals surface area contributed by atoms with Crippen molar-refractivity contribution >= 4 is 15.9 Å². The average molecular weight is 320 g/mol. The van der Waals surface area contributed by atoms with Gasteiger partial charge in [0, 0.05) is 17.1 Å². The zero-order valence-corrected chi connectivity index (χ0v) is 12.3. The van der Waals surface area contributed by atoms with Crippen LogP contribution in [-0.2, 0) is 13.0 Å². The summed E-state index contributed by atoms with van der Waals surface area (Å²) in [5, 5.41) is 12.8. The van der Waals surface area contributed by atoms with Gasteiger partial charge in [-0.05, 0) is 29.7 Å². The summed E-state index contributed by atoms with van der Waals surface area (Å²) in [6.45, 7) is 0.913. The van der Waals surface area contributed by atoms with E-state index in [0.29, 0.717) is 0 Å². The van der Waals surface area contributed by atoms with Crippen LogP contribution >= 0.6 is 15.9 Å². The van der Waals surface area contributed by atoms with E-state index >= 15 is 0 Å². The van der Waals surface area contributed by atoms with Crippen LogP contribution in [0, 0.1) is 0 Å². The maximum atomic E-state index is 9.44. The summed E-state index contributed by atoms with van der Waals surface area (Å²) in [6, 6.07) is 18.5. The lowest BCUT2D eigenvalue weighted by molar-refractivity contribution is 0.241. The minimum atomic E-state index is 0.0889. The second-order valence-corrected chi connectivity index (χ2v) is 5.49. The van der Waals surface area contributed by atoms with Crippen molar-refractivity contribution in [3.63, 3.8) is 0 Å². The van der Waals surface area contributed by atoms with E-state index in [2.05, 4.69) is 45.5 Å². The fourth-order valence-electron chi connectivity index (χ4n) is 1.96. The molecule has 2 rings (SSSR count). The van der Waals surface area contributed by atoms with Gasteiger partial charge in [-0.25, -0.2) is 0 Å². The molecular weight excluding hydrogens is 302 g/mol. The van der Waals surface area contributed by atoms with Gasteiger partial charge >= 0.3 is 0 Å². The Morgan fingerprint density at radius 1 is 0.947 bits per heavy atom. The molecule has 0 saturated carbocycles. The topological polar surface area (TPSA) is 32.3 Å². The summed E-state index contributed by atoms with van der Waals surface area (Å²) < 4.78 is 1.08. The first-order chi connectivity index (χ1) is 9.28. The maximum absolute atomic E-state index is 9.44. The zero-order chi connectivity index (χ0) is 13.5. The van der Waals surface area contributed by atoms with E-state index in [1.807, 2.05) is 30.3 Å². The van der Waals surface area contributed by atoms with Gasteiger partial charge in [0.1, 0.15) is 0 Å². The molecule has 100 valence electrons. The Bertz CT molecular complexity index is 484. The van der Waals surface area contributed by atoms with Gasteiger partial charge < -0.3 is 10.4 Å². The number of halogens is 1. The van der Waals surface area contributed by atoms with E-state index in [0.717, 1.165) is 17.4 Å². The van der Waals surface area contributed by atoms with Crippen LogP contribution in [0.1, 0.15) is 11.1 Å². The number of rotatable bonds is 6. The smallest absolute Gasteiger partial charge is 0.0587 e. The molecule has 19 heavy (non-hydrogen) atoms. The summed E-state index contributed by atoms with van der Waals surface area (Å²) in [5.74, 6) is 0. The van der Waals surface area contributed by atoms with Crippen LogP contribution in [0.5, 0.6) is 0 Å². The van der Waals surface area contributed by atoms with Gasteiger partial charge in [-0.3, -0.25) is 0 Å². The third-order valence-electron chi connectivity index (χ3n) is 3.05. The van der Waals surface area contributed by atoms with Crippen LogP contribution in [0.2, 0.25) is 0 Å². The van der Waals surface area contributed by atoms with Crippen molar-refractivity contribution in [3.05, 3.63) is 70.2 Å². The lowest BCUT2D eigenvalue weighted by Gasteiger charge is -2.16. The van der Waals surface area contributed by atoms with Gasteiger partial charge in [-0.2, -0.15) is 0 Å². The van der Waals surface area contributed by atoms with Gasteiger partial charge in [0.15, 0.2) is 0 Å². The molecule has 0 aliphatic heterocycles. The number of hydrogen-bond acceptors (Lipinski definition) is 2. The highest BCUT2D eigenvalue weighted by Crippen LogP contribution is 2.11. The highest BCUT2D eigenvalue weighted by Gasteiger charge is 2.07. The van der Waals surface area contributed by atoms with E-state index in [1.165, 1.54) is 11.1 Å². The predicted molar refractivity (Wildman–Crippen MR) is 82.0 cm³/mol. The first-order valence-corrected chi connectivity index (χ1v) is 7.20. The summed E-state index contributed by atoms with van der Waals surface area (Å²) in [5.41, 5.74) is 2.46. The summed E-state index contributed by atoms with van der Waals surface area (Å²) in [6.07, 6.45) is 0.841. The monoisotopic (exact) mass is 319 g/mol. The molecule has 0 unspecified atom stereocenters. The fraction of sp³-hybridized carbons (Fsp3) is 0.250. The largest absolute Gasteiger partial charge is 0.395 e. The number of benzene rings is 2. The van der Waals surface area contributed by atoms with E-state index < -0.39 is 0 Å². The Hall–Kier alpha value is -1.16. The summed E-state index contributed by atoms with van der Waals surface area (Å²) in [4.78, 5) is 0. The highest BCUT2D eigenvalue weighted by molar-refractivity contribution is 9.10. The molecule has 0 amide bonds. The van der Waals surface area contributed by atoms with Crippen molar-refractivity contribution in [1.29, 1.82) is 0 Å². The third-order valence-corrected chi connectivity index (χ3v) is 3.58. The second kappa shape index (κ2) is 7.43. The number of aliphatic hydroxyl groups excluding tert-OH is 1. The van der Waals surface area contributed by atoms with Crippen LogP contribution < -0.4 is 5.32 Å². The standard InChI is InChI=1S/C16H18BrNO/c17-15-8-6-14(7-9-15)11-18-16(12-19)10-13-4-2-1-3-5-13/h1-9,16,18-19H,10-12H2/t16-/m1/s1. The Morgan fingerprint density at radius 2 is 1.63 bits per heavy atom. The third kappa shape index (κ3) is 4.78. The van der Waals surface area contributed by atoms with E-state index in [1.54, 1.807) is 0 Å². The van der Waals surface area contributed by atoms with Crippen LogP contribution in [0.3, 0.4) is 0 Å². The molecule has 2 aromatic carbocycles. The minimum Gasteiger partial charge on any atom is -0.395 e. The summed E-state index contributed by atoms with van der Waals surface area (Å²) >= 11 is 3.42. The molecule has 0 heterocycles. The highest BCUT2D eigenvalue weighted by atomic mass is 79.9. The van der Waals surface area contributed by atoms with Crippen LogP contribution in [0.4, 0.5) is 0 Å². The summed E-state index contributed by atoms with van der Waals surface area (Å²) in [7, 11) is 0. The van der Waals surface area contributed by atoms with Crippen molar-refractivity contribution in [2.75, 3.05) is 6.61 Å². The van der Waals surface area contributed by atoms with Gasteiger partial charge in [-0.15, -0.1) is 0 Å². The van der Waals surface area contributed by atoms with Crippen LogP contribution in [0.15, 0.2) is 59.1 Å². The second-order valence-electron chi connectivity index (χ2n) is 4.58. The maximum Gasteiger partial charge on any atom is 0.0587 e. The molecule has 0 bridgehead atoms. The average Bonchev–Trinajstić information content (AvgIpc) is 2.46. The van der Waals surface area contributed by atoms with Crippen molar-refractivity contribution < 1.29 is 5.11 Å². The molecule has 0 aromatic heterocycles. The van der Waals surface area contributed by atoms with E-state index in [4.69, 9.17) is 0 Å². The van der Waals surface area contributed by atoms with Crippen LogP contribution in [-0.4, -0.2) is 17.8 Å². The number of hydrogen-bond donors (Lipinski definition) is 2. The normalized spacial score (nSPS) is 12.3. The quantitative estimate of drug-likeness (QED) is 0.857. The predicted octanol–water partition coefficient (Wildman–Crippen LogP) is 3.14. The van der Waals surface area contributed by atoms with Crippen LogP contribution in [0.25, 0.3) is 0 Å². The van der Waals surface area contributed by atoms with Gasteiger partial charge in [0.2, 0.25) is 0 Å². The van der Waals surface area contributed by atoms with E-state index in [9.17, 15) is 5.11 Å². The van der Waals surface area contributed by atoms with E-state index in [-0.39, 0.29) is 12.6 Å². The molecule has 0 spiro atoms. The fourth-order valence-corrected chi connectivity index (χ4v) is 2.23. The lowest BCUT2D eigenvalue weighted by Crippen LogP contribution is -2.34. The molecule has 0 aliphatic rings. The molecule has 2 N–H and O–H groups in total. The number of aliphatic hydroxyl groups is 1. The molecule has 2 nitrogen and oxygen atoms in total. The van der Waals surface area contributed by atoms with Gasteiger partial charge in [0.25, 0.3) is 0 Å². The molecule has 0 fully saturated rings. The molecule has 2 aromatic rings. The molecule has 0 saturated heterocycles. The van der Waals surface area contributed by atoms with Crippen molar-refractivity contribution in [3.8, 4) is 0 Å². The van der Waals surface area contributed by atoms with Crippen molar-refractivity contribution in [1.82, 2.24) is 5.32 Å². The first kappa shape index (κ1) is 14.3. The van der Waals surface area contributed by atoms with Crippen molar-refractivity contribution in [2.45, 2.75) is 19.0 Å².